The molecule has 1 atom stereocenters. The highest BCUT2D eigenvalue weighted by Crippen LogP contribution is 2.29. The first-order valence-corrected chi connectivity index (χ1v) is 8.92. The normalized spacial score (nSPS) is 16.1. The molecule has 1 aliphatic carbocycles. The molecule has 0 radical (unpaired) electrons. The van der Waals surface area contributed by atoms with Crippen LogP contribution in [0.15, 0.2) is 12.1 Å². The second-order valence-corrected chi connectivity index (χ2v) is 6.78. The lowest BCUT2D eigenvalue weighted by Gasteiger charge is -2.22. The summed E-state index contributed by atoms with van der Waals surface area (Å²) in [5, 5.41) is 3.09. The maximum absolute atomic E-state index is 12.3. The van der Waals surface area contributed by atoms with Crippen LogP contribution in [0.3, 0.4) is 0 Å². The number of nitrogens with two attached hydrogens (primary N) is 1. The number of benzene rings is 1. The molecule has 0 aromatic heterocycles. The zero-order valence-electron chi connectivity index (χ0n) is 14.6. The fraction of sp³-hybridized carbons (Fsp3) is 0.556. The smallest absolute Gasteiger partial charge is 0.342 e. The first kappa shape index (κ1) is 19.4. The van der Waals surface area contributed by atoms with Crippen molar-refractivity contribution in [2.75, 3.05) is 19.4 Å². The Morgan fingerprint density at radius 1 is 1.32 bits per heavy atom. The molecule has 1 saturated carbocycles. The molecule has 0 spiro atoms. The van der Waals surface area contributed by atoms with Crippen LogP contribution in [0.1, 0.15) is 49.4 Å². The number of nitrogens with one attached hydrogen (secondary N) is 1. The van der Waals surface area contributed by atoms with Gasteiger partial charge in [0.05, 0.1) is 17.8 Å². The Morgan fingerprint density at radius 3 is 2.64 bits per heavy atom. The van der Waals surface area contributed by atoms with E-state index in [1.165, 1.54) is 38.5 Å². The molecule has 138 valence electrons. The first-order valence-electron chi connectivity index (χ1n) is 8.54. The predicted octanol–water partition coefficient (Wildman–Crippen LogP) is 3.17. The lowest BCUT2D eigenvalue weighted by Crippen LogP contribution is -2.38. The number of esters is 1. The zero-order valence-corrected chi connectivity index (χ0v) is 15.4. The number of nitrogen functional groups attached to an aromatic ring is 1. The van der Waals surface area contributed by atoms with Crippen LogP contribution in [0, 0.1) is 5.92 Å². The van der Waals surface area contributed by atoms with E-state index in [-0.39, 0.29) is 22.2 Å². The van der Waals surface area contributed by atoms with Crippen LogP contribution in [-0.2, 0) is 9.53 Å². The number of hydrogen-bond acceptors (Lipinski definition) is 5. The largest absolute Gasteiger partial charge is 0.496 e. The van der Waals surface area contributed by atoms with Gasteiger partial charge in [-0.1, -0.05) is 30.9 Å². The first-order chi connectivity index (χ1) is 11.9. The Balaban J connectivity index is 1.92. The molecule has 25 heavy (non-hydrogen) atoms. The minimum atomic E-state index is -0.905. The van der Waals surface area contributed by atoms with Crippen LogP contribution in [-0.4, -0.2) is 31.6 Å². The van der Waals surface area contributed by atoms with Crippen LogP contribution < -0.4 is 15.8 Å². The average Bonchev–Trinajstić information content (AvgIpc) is 2.62. The van der Waals surface area contributed by atoms with Crippen molar-refractivity contribution < 1.29 is 19.1 Å². The third-order valence-electron chi connectivity index (χ3n) is 4.48. The summed E-state index contributed by atoms with van der Waals surface area (Å²) < 4.78 is 10.4. The number of rotatable bonds is 6. The standard InChI is InChI=1S/C18H25ClN2O4/c1-11(17(22)21-10-12-6-4-3-5-7-12)25-18(23)13-8-14(19)15(20)9-16(13)24-2/h8-9,11-12H,3-7,10,20H2,1-2H3,(H,21,22)/t11-/m1/s1. The molecule has 7 heteroatoms. The van der Waals surface area contributed by atoms with Gasteiger partial charge in [-0.25, -0.2) is 4.79 Å². The van der Waals surface area contributed by atoms with Gasteiger partial charge < -0.3 is 20.5 Å². The summed E-state index contributed by atoms with van der Waals surface area (Å²) in [5.74, 6) is -0.225. The average molecular weight is 369 g/mol. The predicted molar refractivity (Wildman–Crippen MR) is 96.9 cm³/mol. The Labute approximate surface area is 153 Å². The van der Waals surface area contributed by atoms with Gasteiger partial charge >= 0.3 is 5.97 Å². The molecule has 1 aliphatic rings. The van der Waals surface area contributed by atoms with E-state index < -0.39 is 12.1 Å². The van der Waals surface area contributed by atoms with Gasteiger partial charge in [-0.05, 0) is 31.7 Å². The highest BCUT2D eigenvalue weighted by atomic mass is 35.5. The quantitative estimate of drug-likeness (QED) is 0.594. The van der Waals surface area contributed by atoms with Gasteiger partial charge in [0.1, 0.15) is 11.3 Å². The summed E-state index contributed by atoms with van der Waals surface area (Å²) in [4.78, 5) is 24.5. The minimum Gasteiger partial charge on any atom is -0.496 e. The monoisotopic (exact) mass is 368 g/mol. The SMILES string of the molecule is COc1cc(N)c(Cl)cc1C(=O)O[C@H](C)C(=O)NCC1CCCCC1. The van der Waals surface area contributed by atoms with Gasteiger partial charge in [-0.3, -0.25) is 4.79 Å². The van der Waals surface area contributed by atoms with Crippen molar-refractivity contribution in [3.63, 3.8) is 0 Å². The zero-order chi connectivity index (χ0) is 18.4. The highest BCUT2D eigenvalue weighted by Gasteiger charge is 2.23. The summed E-state index contributed by atoms with van der Waals surface area (Å²) in [6.07, 6.45) is 5.05. The molecule has 1 aromatic rings. The van der Waals surface area contributed by atoms with Crippen LogP contribution in [0.5, 0.6) is 5.75 Å². The van der Waals surface area contributed by atoms with E-state index in [4.69, 9.17) is 26.8 Å². The van der Waals surface area contributed by atoms with Crippen molar-refractivity contribution in [1.82, 2.24) is 5.32 Å². The Bertz CT molecular complexity index is 630. The lowest BCUT2D eigenvalue weighted by atomic mass is 9.89. The van der Waals surface area contributed by atoms with Crippen LogP contribution >= 0.6 is 11.6 Å². The molecule has 1 amide bonds. The van der Waals surface area contributed by atoms with Crippen LogP contribution in [0.25, 0.3) is 0 Å². The molecule has 1 fully saturated rings. The van der Waals surface area contributed by atoms with Crippen molar-refractivity contribution in [2.24, 2.45) is 5.92 Å². The van der Waals surface area contributed by atoms with E-state index in [1.54, 1.807) is 6.92 Å². The minimum absolute atomic E-state index is 0.133. The summed E-state index contributed by atoms with van der Waals surface area (Å²) in [6, 6.07) is 2.83. The fourth-order valence-corrected chi connectivity index (χ4v) is 3.12. The van der Waals surface area contributed by atoms with Crippen LogP contribution in [0.4, 0.5) is 5.69 Å². The number of carbonyl (C=O) groups is 2. The number of anilines is 1. The van der Waals surface area contributed by atoms with Gasteiger partial charge in [0.15, 0.2) is 6.10 Å². The summed E-state index contributed by atoms with van der Waals surface area (Å²) in [7, 11) is 1.42. The van der Waals surface area contributed by atoms with Crippen molar-refractivity contribution in [3.8, 4) is 5.75 Å². The molecule has 3 N–H and O–H groups in total. The summed E-state index contributed by atoms with van der Waals surface area (Å²) in [6.45, 7) is 2.16. The molecule has 1 aromatic carbocycles. The third-order valence-corrected chi connectivity index (χ3v) is 4.81. The molecule has 0 aliphatic heterocycles. The molecular weight excluding hydrogens is 344 g/mol. The Hall–Kier alpha value is -1.95. The Morgan fingerprint density at radius 2 is 2.00 bits per heavy atom. The van der Waals surface area contributed by atoms with Crippen LogP contribution in [0.2, 0.25) is 5.02 Å². The molecule has 0 unspecified atom stereocenters. The maximum Gasteiger partial charge on any atom is 0.342 e. The number of ether oxygens (including phenoxy) is 2. The molecule has 0 saturated heterocycles. The third kappa shape index (κ3) is 5.26. The van der Waals surface area contributed by atoms with E-state index in [9.17, 15) is 9.59 Å². The second-order valence-electron chi connectivity index (χ2n) is 6.37. The summed E-state index contributed by atoms with van der Waals surface area (Å²) in [5.41, 5.74) is 6.13. The maximum atomic E-state index is 12.3. The van der Waals surface area contributed by atoms with E-state index in [0.717, 1.165) is 12.8 Å². The molecule has 6 nitrogen and oxygen atoms in total. The van der Waals surface area contributed by atoms with Crippen molar-refractivity contribution in [1.29, 1.82) is 0 Å². The Kier molecular flexibility index (Phi) is 6.93. The van der Waals surface area contributed by atoms with Gasteiger partial charge in [0, 0.05) is 12.6 Å². The number of methoxy groups -OCH3 is 1. The topological polar surface area (TPSA) is 90.7 Å². The number of amides is 1. The van der Waals surface area contributed by atoms with E-state index >= 15 is 0 Å². The van der Waals surface area contributed by atoms with Gasteiger partial charge in [0.25, 0.3) is 5.91 Å². The van der Waals surface area contributed by atoms with Gasteiger partial charge in [-0.15, -0.1) is 0 Å². The lowest BCUT2D eigenvalue weighted by molar-refractivity contribution is -0.129. The number of carbonyl (C=O) groups excluding carboxylic acids is 2. The highest BCUT2D eigenvalue weighted by molar-refractivity contribution is 6.33. The van der Waals surface area contributed by atoms with E-state index in [0.29, 0.717) is 18.2 Å². The fourth-order valence-electron chi connectivity index (χ4n) is 2.95. The van der Waals surface area contributed by atoms with Gasteiger partial charge in [0.2, 0.25) is 0 Å². The molecular formula is C18H25ClN2O4. The number of hydrogen-bond donors (Lipinski definition) is 2. The van der Waals surface area contributed by atoms with E-state index in [1.807, 2.05) is 0 Å². The van der Waals surface area contributed by atoms with Crippen molar-refractivity contribution in [2.45, 2.75) is 45.1 Å². The van der Waals surface area contributed by atoms with E-state index in [2.05, 4.69) is 5.32 Å². The van der Waals surface area contributed by atoms with Crippen molar-refractivity contribution in [3.05, 3.63) is 22.7 Å². The van der Waals surface area contributed by atoms with Crippen molar-refractivity contribution >= 4 is 29.2 Å². The van der Waals surface area contributed by atoms with Gasteiger partial charge in [-0.2, -0.15) is 0 Å². The number of halogens is 1. The molecule has 0 bridgehead atoms. The molecule has 0 heterocycles. The second kappa shape index (κ2) is 8.94. The summed E-state index contributed by atoms with van der Waals surface area (Å²) >= 11 is 5.95. The molecule has 2 rings (SSSR count).